The molecular weight excluding hydrogens is 276 g/mol. The third-order valence-electron chi connectivity index (χ3n) is 2.64. The molecule has 0 saturated heterocycles. The molecule has 0 unspecified atom stereocenters. The first kappa shape index (κ1) is 14.5. The molecule has 108 valence electrons. The lowest BCUT2D eigenvalue weighted by atomic mass is 10.2. The fourth-order valence-electron chi connectivity index (χ4n) is 1.69. The maximum Gasteiger partial charge on any atom is 0.306 e. The van der Waals surface area contributed by atoms with Crippen LogP contribution in [0.3, 0.4) is 0 Å². The van der Waals surface area contributed by atoms with Crippen molar-refractivity contribution >= 4 is 22.4 Å². The number of nitrogens with zero attached hydrogens (tertiary/aromatic N) is 2. The lowest BCUT2D eigenvalue weighted by Gasteiger charge is -2.00. The van der Waals surface area contributed by atoms with Gasteiger partial charge in [0, 0.05) is 37.2 Å². The molecule has 20 heavy (non-hydrogen) atoms. The van der Waals surface area contributed by atoms with Crippen LogP contribution in [0.5, 0.6) is 0 Å². The molecule has 2 N–H and O–H groups in total. The van der Waals surface area contributed by atoms with Crippen molar-refractivity contribution in [3.05, 3.63) is 29.3 Å². The van der Waals surface area contributed by atoms with Gasteiger partial charge in [-0.1, -0.05) is 0 Å². The number of aromatic amines is 1. The van der Waals surface area contributed by atoms with Crippen molar-refractivity contribution in [2.45, 2.75) is 26.2 Å². The summed E-state index contributed by atoms with van der Waals surface area (Å²) >= 11 is 1.55. The molecule has 0 aliphatic carbocycles. The Balaban J connectivity index is 1.70. The van der Waals surface area contributed by atoms with E-state index in [4.69, 9.17) is 4.74 Å². The zero-order valence-electron chi connectivity index (χ0n) is 11.4. The number of rotatable bonds is 8. The third kappa shape index (κ3) is 4.65. The molecule has 2 rings (SSSR count). The molecule has 0 aliphatic heterocycles. The van der Waals surface area contributed by atoms with Gasteiger partial charge in [0.2, 0.25) is 0 Å². The molecule has 0 aromatic carbocycles. The standard InChI is InChI=1S/C13H18N4O2S/c1-2-19-12(18)4-3-10-9-20-13(17-10)16-6-5-11-14-7-8-15-11/h7-9H,2-6H2,1H3,(H,14,15)(H,16,17). The minimum Gasteiger partial charge on any atom is -0.466 e. The van der Waals surface area contributed by atoms with Crippen molar-refractivity contribution in [1.82, 2.24) is 15.0 Å². The Kier molecular flexibility index (Phi) is 5.55. The van der Waals surface area contributed by atoms with Gasteiger partial charge in [-0.3, -0.25) is 4.79 Å². The number of anilines is 1. The van der Waals surface area contributed by atoms with Crippen molar-refractivity contribution < 1.29 is 9.53 Å². The highest BCUT2D eigenvalue weighted by molar-refractivity contribution is 7.13. The summed E-state index contributed by atoms with van der Waals surface area (Å²) in [6.07, 6.45) is 5.38. The van der Waals surface area contributed by atoms with E-state index in [-0.39, 0.29) is 5.97 Å². The fraction of sp³-hybridized carbons (Fsp3) is 0.462. The number of aromatic nitrogens is 3. The molecule has 7 heteroatoms. The van der Waals surface area contributed by atoms with Crippen molar-refractivity contribution in [3.8, 4) is 0 Å². The van der Waals surface area contributed by atoms with Gasteiger partial charge in [0.25, 0.3) is 0 Å². The molecule has 0 atom stereocenters. The molecule has 2 aromatic rings. The van der Waals surface area contributed by atoms with Gasteiger partial charge in [0.15, 0.2) is 5.13 Å². The van der Waals surface area contributed by atoms with Crippen molar-refractivity contribution in [2.75, 3.05) is 18.5 Å². The second kappa shape index (κ2) is 7.64. The van der Waals surface area contributed by atoms with E-state index in [0.29, 0.717) is 19.4 Å². The van der Waals surface area contributed by atoms with Gasteiger partial charge in [-0.05, 0) is 6.92 Å². The molecule has 0 radical (unpaired) electrons. The average Bonchev–Trinajstić information content (AvgIpc) is 3.08. The maximum absolute atomic E-state index is 11.3. The van der Waals surface area contributed by atoms with Gasteiger partial charge < -0.3 is 15.0 Å². The van der Waals surface area contributed by atoms with E-state index in [1.807, 2.05) is 18.5 Å². The van der Waals surface area contributed by atoms with Gasteiger partial charge in [-0.2, -0.15) is 0 Å². The van der Waals surface area contributed by atoms with E-state index in [1.165, 1.54) is 0 Å². The summed E-state index contributed by atoms with van der Waals surface area (Å²) in [4.78, 5) is 22.9. The molecule has 0 bridgehead atoms. The second-order valence-corrected chi connectivity index (χ2v) is 5.02. The number of H-pyrrole nitrogens is 1. The van der Waals surface area contributed by atoms with Crippen LogP contribution in [0.15, 0.2) is 17.8 Å². The lowest BCUT2D eigenvalue weighted by Crippen LogP contribution is -2.06. The minimum absolute atomic E-state index is 0.173. The largest absolute Gasteiger partial charge is 0.466 e. The summed E-state index contributed by atoms with van der Waals surface area (Å²) in [6, 6.07) is 0. The Hall–Kier alpha value is -1.89. The summed E-state index contributed by atoms with van der Waals surface area (Å²) in [5, 5.41) is 6.08. The van der Waals surface area contributed by atoms with E-state index in [0.717, 1.165) is 29.6 Å². The van der Waals surface area contributed by atoms with Crippen LogP contribution in [-0.2, 0) is 22.4 Å². The number of carbonyl (C=O) groups is 1. The molecule has 0 aliphatic rings. The molecule has 0 amide bonds. The zero-order chi connectivity index (χ0) is 14.2. The quantitative estimate of drug-likeness (QED) is 0.728. The van der Waals surface area contributed by atoms with Gasteiger partial charge in [0.1, 0.15) is 5.82 Å². The van der Waals surface area contributed by atoms with E-state index >= 15 is 0 Å². The first-order valence-electron chi connectivity index (χ1n) is 6.60. The Labute approximate surface area is 121 Å². The number of hydrogen-bond donors (Lipinski definition) is 2. The first-order valence-corrected chi connectivity index (χ1v) is 7.48. The molecule has 0 fully saturated rings. The van der Waals surface area contributed by atoms with Crippen LogP contribution in [0, 0.1) is 0 Å². The molecule has 0 saturated carbocycles. The summed E-state index contributed by atoms with van der Waals surface area (Å²) in [6.45, 7) is 3.01. The SMILES string of the molecule is CCOC(=O)CCc1csc(NCCc2ncc[nH]2)n1. The lowest BCUT2D eigenvalue weighted by molar-refractivity contribution is -0.143. The van der Waals surface area contributed by atoms with Crippen molar-refractivity contribution in [1.29, 1.82) is 0 Å². The third-order valence-corrected chi connectivity index (χ3v) is 3.48. The number of imidazole rings is 1. The van der Waals surface area contributed by atoms with Crippen LogP contribution in [0.25, 0.3) is 0 Å². The van der Waals surface area contributed by atoms with Gasteiger partial charge in [-0.15, -0.1) is 11.3 Å². The van der Waals surface area contributed by atoms with Crippen LogP contribution >= 0.6 is 11.3 Å². The first-order chi connectivity index (χ1) is 9.78. The summed E-state index contributed by atoms with van der Waals surface area (Å²) in [5.74, 6) is 0.782. The highest BCUT2D eigenvalue weighted by Crippen LogP contribution is 2.16. The van der Waals surface area contributed by atoms with E-state index in [1.54, 1.807) is 17.5 Å². The Bertz CT molecular complexity index is 524. The monoisotopic (exact) mass is 294 g/mol. The van der Waals surface area contributed by atoms with Crippen molar-refractivity contribution in [3.63, 3.8) is 0 Å². The maximum atomic E-state index is 11.3. The molecule has 2 aromatic heterocycles. The van der Waals surface area contributed by atoms with Gasteiger partial charge in [-0.25, -0.2) is 9.97 Å². The minimum atomic E-state index is -0.173. The van der Waals surface area contributed by atoms with Crippen LogP contribution in [0.1, 0.15) is 24.9 Å². The summed E-state index contributed by atoms with van der Waals surface area (Å²) in [5.41, 5.74) is 0.920. The number of thiazole rings is 1. The number of esters is 1. The fourth-order valence-corrected chi connectivity index (χ4v) is 2.46. The highest BCUT2D eigenvalue weighted by Gasteiger charge is 2.06. The summed E-state index contributed by atoms with van der Waals surface area (Å²) in [7, 11) is 0. The Morgan fingerprint density at radius 1 is 1.50 bits per heavy atom. The number of hydrogen-bond acceptors (Lipinski definition) is 6. The van der Waals surface area contributed by atoms with Crippen LogP contribution < -0.4 is 5.32 Å². The Morgan fingerprint density at radius 2 is 2.40 bits per heavy atom. The topological polar surface area (TPSA) is 79.9 Å². The number of nitrogens with one attached hydrogen (secondary N) is 2. The van der Waals surface area contributed by atoms with Crippen LogP contribution in [0.2, 0.25) is 0 Å². The summed E-state index contributed by atoms with van der Waals surface area (Å²) < 4.78 is 4.89. The normalized spacial score (nSPS) is 10.4. The number of ether oxygens (including phenoxy) is 1. The predicted molar refractivity (Wildman–Crippen MR) is 77.8 cm³/mol. The van der Waals surface area contributed by atoms with Crippen LogP contribution in [-0.4, -0.2) is 34.1 Å². The van der Waals surface area contributed by atoms with E-state index < -0.39 is 0 Å². The number of carbonyl (C=O) groups excluding carboxylic acids is 1. The van der Waals surface area contributed by atoms with E-state index in [2.05, 4.69) is 20.3 Å². The molecule has 2 heterocycles. The van der Waals surface area contributed by atoms with Crippen LogP contribution in [0.4, 0.5) is 5.13 Å². The zero-order valence-corrected chi connectivity index (χ0v) is 12.2. The second-order valence-electron chi connectivity index (χ2n) is 4.16. The van der Waals surface area contributed by atoms with Gasteiger partial charge in [0.05, 0.1) is 18.7 Å². The molecule has 6 nitrogen and oxygen atoms in total. The predicted octanol–water partition coefficient (Wildman–Crippen LogP) is 2.02. The average molecular weight is 294 g/mol. The number of aryl methyl sites for hydroxylation is 1. The van der Waals surface area contributed by atoms with Crippen molar-refractivity contribution in [2.24, 2.45) is 0 Å². The smallest absolute Gasteiger partial charge is 0.306 e. The molecule has 0 spiro atoms. The van der Waals surface area contributed by atoms with Gasteiger partial charge >= 0.3 is 5.97 Å². The van der Waals surface area contributed by atoms with E-state index in [9.17, 15) is 4.79 Å². The molecular formula is C13H18N4O2S. The highest BCUT2D eigenvalue weighted by atomic mass is 32.1. The Morgan fingerprint density at radius 3 is 3.15 bits per heavy atom.